The molecule has 0 amide bonds. The van der Waals surface area contributed by atoms with E-state index in [9.17, 15) is 22.8 Å². The lowest BCUT2D eigenvalue weighted by atomic mass is 9.94. The van der Waals surface area contributed by atoms with Crippen molar-refractivity contribution in [1.82, 2.24) is 0 Å². The first-order valence-corrected chi connectivity index (χ1v) is 8.01. The summed E-state index contributed by atoms with van der Waals surface area (Å²) < 4.78 is 29.0. The Morgan fingerprint density at radius 1 is 1.33 bits per heavy atom. The molecule has 0 saturated carbocycles. The largest absolute Gasteiger partial charge is 0.460 e. The number of hydrogen-bond acceptors (Lipinski definition) is 6. The normalized spacial score (nSPS) is 19.7. The maximum atomic E-state index is 12.3. The van der Waals surface area contributed by atoms with Crippen LogP contribution in [0.25, 0.3) is 0 Å². The van der Waals surface area contributed by atoms with E-state index in [1.165, 1.54) is 19.1 Å². The Balaban J connectivity index is 2.47. The molecule has 0 radical (unpaired) electrons. The van der Waals surface area contributed by atoms with Crippen molar-refractivity contribution in [2.75, 3.05) is 12.4 Å². The van der Waals surface area contributed by atoms with Gasteiger partial charge >= 0.3 is 5.97 Å². The Kier molecular flexibility index (Phi) is 3.95. The topological polar surface area (TPSA) is 94.6 Å². The SMILES string of the molecule is CCOC(=O)C(=O)C1CS(=O)(=O)c2cc(C)ccc2C1=O. The van der Waals surface area contributed by atoms with Crippen LogP contribution in [0.3, 0.4) is 0 Å². The second-order valence-electron chi connectivity index (χ2n) is 4.78. The van der Waals surface area contributed by atoms with E-state index in [1.807, 2.05) is 0 Å². The highest BCUT2D eigenvalue weighted by Crippen LogP contribution is 2.29. The van der Waals surface area contributed by atoms with Crippen molar-refractivity contribution >= 4 is 27.4 Å². The minimum absolute atomic E-state index is 0.0198. The fraction of sp³-hybridized carbons (Fsp3) is 0.357. The third-order valence-corrected chi connectivity index (χ3v) is 5.01. The summed E-state index contributed by atoms with van der Waals surface area (Å²) in [5, 5.41) is 0. The summed E-state index contributed by atoms with van der Waals surface area (Å²) in [4.78, 5) is 35.5. The van der Waals surface area contributed by atoms with Crippen molar-refractivity contribution in [3.8, 4) is 0 Å². The van der Waals surface area contributed by atoms with Crippen LogP contribution in [-0.2, 0) is 24.2 Å². The van der Waals surface area contributed by atoms with Crippen LogP contribution >= 0.6 is 0 Å². The van der Waals surface area contributed by atoms with E-state index in [1.54, 1.807) is 13.0 Å². The zero-order chi connectivity index (χ0) is 15.8. The van der Waals surface area contributed by atoms with Crippen molar-refractivity contribution in [1.29, 1.82) is 0 Å². The number of aryl methyl sites for hydroxylation is 1. The number of hydrogen-bond donors (Lipinski definition) is 0. The van der Waals surface area contributed by atoms with Gasteiger partial charge in [-0.1, -0.05) is 6.07 Å². The second kappa shape index (κ2) is 5.40. The summed E-state index contributed by atoms with van der Waals surface area (Å²) in [6.45, 7) is 3.20. The number of carbonyl (C=O) groups excluding carboxylic acids is 3. The summed E-state index contributed by atoms with van der Waals surface area (Å²) in [6.07, 6.45) is 0. The van der Waals surface area contributed by atoms with E-state index in [0.29, 0.717) is 5.56 Å². The van der Waals surface area contributed by atoms with Gasteiger partial charge in [-0.25, -0.2) is 13.2 Å². The molecule has 0 spiro atoms. The van der Waals surface area contributed by atoms with E-state index >= 15 is 0 Å². The van der Waals surface area contributed by atoms with E-state index in [4.69, 9.17) is 0 Å². The predicted molar refractivity (Wildman–Crippen MR) is 72.7 cm³/mol. The van der Waals surface area contributed by atoms with Crippen molar-refractivity contribution < 1.29 is 27.5 Å². The molecule has 0 fully saturated rings. The molecule has 0 bridgehead atoms. The van der Waals surface area contributed by atoms with Crippen LogP contribution in [-0.4, -0.2) is 38.3 Å². The van der Waals surface area contributed by atoms with E-state index < -0.39 is 39.0 Å². The molecule has 6 nitrogen and oxygen atoms in total. The fourth-order valence-electron chi connectivity index (χ4n) is 2.20. The number of Topliss-reactive ketones (excluding diaryl/α,β-unsaturated/α-hetero) is 2. The van der Waals surface area contributed by atoms with Crippen LogP contribution in [0.15, 0.2) is 23.1 Å². The van der Waals surface area contributed by atoms with Gasteiger partial charge in [0.05, 0.1) is 17.3 Å². The van der Waals surface area contributed by atoms with E-state index in [-0.39, 0.29) is 17.1 Å². The van der Waals surface area contributed by atoms with Gasteiger partial charge in [0.25, 0.3) is 5.78 Å². The van der Waals surface area contributed by atoms with Crippen LogP contribution in [0.4, 0.5) is 0 Å². The standard InChI is InChI=1S/C14H14O6S/c1-3-20-14(17)13(16)10-7-21(18,19)11-6-8(2)4-5-9(11)12(10)15/h4-6,10H,3,7H2,1-2H3. The number of rotatable bonds is 3. The molecule has 1 aromatic carbocycles. The number of fused-ring (bicyclic) bond motifs is 1. The second-order valence-corrected chi connectivity index (χ2v) is 6.79. The number of sulfone groups is 1. The van der Waals surface area contributed by atoms with Crippen LogP contribution in [0, 0.1) is 12.8 Å². The molecule has 1 atom stereocenters. The minimum atomic E-state index is -3.79. The highest BCUT2D eigenvalue weighted by molar-refractivity contribution is 7.91. The Morgan fingerprint density at radius 3 is 2.62 bits per heavy atom. The molecule has 1 aliphatic rings. The van der Waals surface area contributed by atoms with Gasteiger partial charge in [0, 0.05) is 5.56 Å². The predicted octanol–water partition coefficient (Wildman–Crippen LogP) is 0.713. The van der Waals surface area contributed by atoms with Crippen molar-refractivity contribution in [3.05, 3.63) is 29.3 Å². The number of esters is 1. The highest BCUT2D eigenvalue weighted by atomic mass is 32.2. The molecule has 1 aromatic rings. The molecule has 1 aliphatic heterocycles. The minimum Gasteiger partial charge on any atom is -0.460 e. The van der Waals surface area contributed by atoms with Crippen LogP contribution in [0.2, 0.25) is 0 Å². The quantitative estimate of drug-likeness (QED) is 0.464. The average molecular weight is 310 g/mol. The van der Waals surface area contributed by atoms with Gasteiger partial charge < -0.3 is 4.74 Å². The van der Waals surface area contributed by atoms with Crippen molar-refractivity contribution in [2.24, 2.45) is 5.92 Å². The molecule has 21 heavy (non-hydrogen) atoms. The molecule has 0 saturated heterocycles. The van der Waals surface area contributed by atoms with Gasteiger partial charge in [0.15, 0.2) is 15.6 Å². The van der Waals surface area contributed by atoms with Crippen molar-refractivity contribution in [2.45, 2.75) is 18.7 Å². The number of carbonyl (C=O) groups is 3. The van der Waals surface area contributed by atoms with Crippen LogP contribution in [0.1, 0.15) is 22.8 Å². The zero-order valence-corrected chi connectivity index (χ0v) is 12.4. The number of ether oxygens (including phenoxy) is 1. The maximum Gasteiger partial charge on any atom is 0.375 e. The first-order chi connectivity index (χ1) is 9.77. The third kappa shape index (κ3) is 2.73. The van der Waals surface area contributed by atoms with Crippen LogP contribution < -0.4 is 0 Å². The van der Waals surface area contributed by atoms with Gasteiger partial charge in [-0.05, 0) is 31.5 Å². The molecule has 0 aromatic heterocycles. The Hall–Kier alpha value is -2.02. The summed E-state index contributed by atoms with van der Waals surface area (Å²) in [6, 6.07) is 4.35. The molecular weight excluding hydrogens is 296 g/mol. The smallest absolute Gasteiger partial charge is 0.375 e. The number of ketones is 2. The van der Waals surface area contributed by atoms with Gasteiger partial charge in [-0.3, -0.25) is 9.59 Å². The van der Waals surface area contributed by atoms with Gasteiger partial charge in [0.2, 0.25) is 0 Å². The Bertz CT molecular complexity index is 732. The lowest BCUT2D eigenvalue weighted by Crippen LogP contribution is -2.40. The summed E-state index contributed by atoms with van der Waals surface area (Å²) >= 11 is 0. The lowest BCUT2D eigenvalue weighted by molar-refractivity contribution is -0.154. The molecule has 112 valence electrons. The van der Waals surface area contributed by atoms with E-state index in [0.717, 1.165) is 0 Å². The fourth-order valence-corrected chi connectivity index (χ4v) is 3.99. The van der Waals surface area contributed by atoms with Gasteiger partial charge in [-0.2, -0.15) is 0 Å². The monoisotopic (exact) mass is 310 g/mol. The first kappa shape index (κ1) is 15.4. The number of benzene rings is 1. The molecule has 1 unspecified atom stereocenters. The Labute approximate surface area is 122 Å². The van der Waals surface area contributed by atoms with Crippen LogP contribution in [0.5, 0.6) is 0 Å². The molecule has 1 heterocycles. The molecule has 0 N–H and O–H groups in total. The molecular formula is C14H14O6S. The molecule has 2 rings (SSSR count). The van der Waals surface area contributed by atoms with Gasteiger partial charge in [0.1, 0.15) is 5.92 Å². The van der Waals surface area contributed by atoms with Gasteiger partial charge in [-0.15, -0.1) is 0 Å². The van der Waals surface area contributed by atoms with E-state index in [2.05, 4.69) is 4.74 Å². The highest BCUT2D eigenvalue weighted by Gasteiger charge is 2.43. The third-order valence-electron chi connectivity index (χ3n) is 3.23. The average Bonchev–Trinajstić information content (AvgIpc) is 2.42. The summed E-state index contributed by atoms with van der Waals surface area (Å²) in [5.41, 5.74) is 0.648. The zero-order valence-electron chi connectivity index (χ0n) is 11.6. The Morgan fingerprint density at radius 2 is 2.00 bits per heavy atom. The summed E-state index contributed by atoms with van der Waals surface area (Å²) in [5.74, 6) is -5.17. The molecule has 7 heteroatoms. The van der Waals surface area contributed by atoms with Crippen molar-refractivity contribution in [3.63, 3.8) is 0 Å². The lowest BCUT2D eigenvalue weighted by Gasteiger charge is -2.22. The first-order valence-electron chi connectivity index (χ1n) is 6.36. The maximum absolute atomic E-state index is 12.3. The summed E-state index contributed by atoms with van der Waals surface area (Å²) in [7, 11) is -3.79. The molecule has 0 aliphatic carbocycles.